The van der Waals surface area contributed by atoms with Gasteiger partial charge in [0.15, 0.2) is 6.61 Å². The lowest BCUT2D eigenvalue weighted by Gasteiger charge is -2.07. The van der Waals surface area contributed by atoms with E-state index >= 15 is 0 Å². The number of fused-ring (bicyclic) bond motifs is 1. The summed E-state index contributed by atoms with van der Waals surface area (Å²) in [5.74, 6) is 0.312. The van der Waals surface area contributed by atoms with Crippen LogP contribution in [0.4, 0.5) is 0 Å². The quantitative estimate of drug-likeness (QED) is 0.537. The number of carbonyl (C=O) groups is 1. The molecule has 3 aromatic rings. The van der Waals surface area contributed by atoms with Crippen LogP contribution in [0.25, 0.3) is 10.9 Å². The molecule has 0 saturated carbocycles. The van der Waals surface area contributed by atoms with Gasteiger partial charge < -0.3 is 9.72 Å². The van der Waals surface area contributed by atoms with Crippen LogP contribution >= 0.6 is 11.6 Å². The number of aromatic nitrogens is 1. The van der Waals surface area contributed by atoms with Crippen LogP contribution in [0.1, 0.15) is 16.7 Å². The number of nitrogens with one attached hydrogen (secondary N) is 2. The molecule has 0 saturated heterocycles. The van der Waals surface area contributed by atoms with E-state index in [2.05, 4.69) is 15.5 Å². The maximum Gasteiger partial charge on any atom is 0.277 e. The van der Waals surface area contributed by atoms with Gasteiger partial charge in [0.1, 0.15) is 10.9 Å². The van der Waals surface area contributed by atoms with E-state index in [0.717, 1.165) is 22.0 Å². The number of hydrogen-bond donors (Lipinski definition) is 2. The molecule has 1 aromatic heterocycles. The molecule has 25 heavy (non-hydrogen) atoms. The van der Waals surface area contributed by atoms with E-state index < -0.39 is 0 Å². The smallest absolute Gasteiger partial charge is 0.277 e. The molecule has 0 fully saturated rings. The van der Waals surface area contributed by atoms with Crippen LogP contribution in [-0.2, 0) is 4.79 Å². The normalized spacial score (nSPS) is 11.2. The maximum atomic E-state index is 11.9. The summed E-state index contributed by atoms with van der Waals surface area (Å²) in [7, 11) is 0. The molecule has 3 rings (SSSR count). The molecule has 0 spiro atoms. The summed E-state index contributed by atoms with van der Waals surface area (Å²) in [5.41, 5.74) is 6.38. The molecule has 1 amide bonds. The minimum Gasteiger partial charge on any atom is -0.484 e. The fourth-order valence-corrected chi connectivity index (χ4v) is 2.66. The molecule has 0 aliphatic heterocycles. The van der Waals surface area contributed by atoms with Crippen molar-refractivity contribution in [2.24, 2.45) is 5.10 Å². The van der Waals surface area contributed by atoms with Crippen LogP contribution in [-0.4, -0.2) is 23.7 Å². The van der Waals surface area contributed by atoms with Gasteiger partial charge in [0.05, 0.1) is 6.21 Å². The topological polar surface area (TPSA) is 66.5 Å². The number of carbonyl (C=O) groups excluding carboxylic acids is 1. The van der Waals surface area contributed by atoms with Gasteiger partial charge in [0.2, 0.25) is 0 Å². The zero-order valence-corrected chi connectivity index (χ0v) is 14.7. The molecule has 2 N–H and O–H groups in total. The fourth-order valence-electron chi connectivity index (χ4n) is 2.41. The van der Waals surface area contributed by atoms with E-state index in [-0.39, 0.29) is 12.5 Å². The Bertz CT molecular complexity index is 947. The Kier molecular flexibility index (Phi) is 5.05. The van der Waals surface area contributed by atoms with Gasteiger partial charge in [-0.15, -0.1) is 0 Å². The van der Waals surface area contributed by atoms with Gasteiger partial charge in [-0.05, 0) is 43.2 Å². The van der Waals surface area contributed by atoms with Crippen molar-refractivity contribution in [2.75, 3.05) is 6.61 Å². The predicted molar refractivity (Wildman–Crippen MR) is 100 cm³/mol. The summed E-state index contributed by atoms with van der Waals surface area (Å²) in [5, 5.41) is 5.38. The van der Waals surface area contributed by atoms with Gasteiger partial charge in [0.25, 0.3) is 5.91 Å². The van der Waals surface area contributed by atoms with Crippen LogP contribution in [0.3, 0.4) is 0 Å². The second-order valence-electron chi connectivity index (χ2n) is 5.73. The lowest BCUT2D eigenvalue weighted by Crippen LogP contribution is -2.24. The molecule has 6 heteroatoms. The zero-order chi connectivity index (χ0) is 17.8. The van der Waals surface area contributed by atoms with Gasteiger partial charge in [-0.1, -0.05) is 35.9 Å². The van der Waals surface area contributed by atoms with Crippen molar-refractivity contribution >= 4 is 34.6 Å². The minimum absolute atomic E-state index is 0.110. The number of hydrazone groups is 1. The van der Waals surface area contributed by atoms with Gasteiger partial charge in [-0.2, -0.15) is 5.10 Å². The van der Waals surface area contributed by atoms with Crippen molar-refractivity contribution < 1.29 is 9.53 Å². The third kappa shape index (κ3) is 4.00. The Morgan fingerprint density at radius 2 is 2.04 bits per heavy atom. The second-order valence-corrected chi connectivity index (χ2v) is 6.10. The van der Waals surface area contributed by atoms with E-state index in [1.165, 1.54) is 11.8 Å². The predicted octanol–water partition coefficient (Wildman–Crippen LogP) is 3.97. The van der Waals surface area contributed by atoms with E-state index in [0.29, 0.717) is 10.9 Å². The molecule has 2 aromatic carbocycles. The number of halogens is 1. The van der Waals surface area contributed by atoms with Crippen molar-refractivity contribution in [3.8, 4) is 5.75 Å². The van der Waals surface area contributed by atoms with E-state index in [9.17, 15) is 4.79 Å². The lowest BCUT2D eigenvalue weighted by atomic mass is 10.1. The standard InChI is InChI=1S/C19H18ClN3O2/c1-12-7-8-14(9-13(12)2)25-11-18(24)23-21-10-16-15-5-3-4-6-17(15)22-19(16)20/h3-10,22H,11H2,1-2H3,(H,23,24). The van der Waals surface area contributed by atoms with Crippen molar-refractivity contribution in [2.45, 2.75) is 13.8 Å². The highest BCUT2D eigenvalue weighted by Gasteiger charge is 2.07. The summed E-state index contributed by atoms with van der Waals surface area (Å²) < 4.78 is 5.47. The molecule has 0 aliphatic carbocycles. The summed E-state index contributed by atoms with van der Waals surface area (Å²) in [4.78, 5) is 14.9. The van der Waals surface area contributed by atoms with Crippen LogP contribution in [0, 0.1) is 13.8 Å². The lowest BCUT2D eigenvalue weighted by molar-refractivity contribution is -0.123. The Morgan fingerprint density at radius 1 is 1.24 bits per heavy atom. The Balaban J connectivity index is 1.59. The maximum absolute atomic E-state index is 11.9. The number of ether oxygens (including phenoxy) is 1. The van der Waals surface area contributed by atoms with E-state index in [1.54, 1.807) is 0 Å². The number of H-pyrrole nitrogens is 1. The van der Waals surface area contributed by atoms with Crippen molar-refractivity contribution in [3.05, 3.63) is 64.3 Å². The van der Waals surface area contributed by atoms with Crippen molar-refractivity contribution in [1.29, 1.82) is 0 Å². The number of hydrogen-bond acceptors (Lipinski definition) is 3. The number of para-hydroxylation sites is 1. The van der Waals surface area contributed by atoms with E-state index in [1.807, 2.05) is 56.3 Å². The summed E-state index contributed by atoms with van der Waals surface area (Å²) in [6, 6.07) is 13.4. The molecule has 0 bridgehead atoms. The minimum atomic E-state index is -0.342. The Morgan fingerprint density at radius 3 is 2.84 bits per heavy atom. The summed E-state index contributed by atoms with van der Waals surface area (Å²) in [6.07, 6.45) is 1.52. The highest BCUT2D eigenvalue weighted by Crippen LogP contribution is 2.24. The molecule has 128 valence electrons. The number of benzene rings is 2. The second kappa shape index (κ2) is 7.40. The van der Waals surface area contributed by atoms with Crippen molar-refractivity contribution in [1.82, 2.24) is 10.4 Å². The van der Waals surface area contributed by atoms with Gasteiger partial charge in [0, 0.05) is 16.5 Å². The van der Waals surface area contributed by atoms with Crippen LogP contribution in [0.2, 0.25) is 5.15 Å². The third-order valence-corrected chi connectivity index (χ3v) is 4.23. The number of nitrogens with zero attached hydrogens (tertiary/aromatic N) is 1. The van der Waals surface area contributed by atoms with Crippen molar-refractivity contribution in [3.63, 3.8) is 0 Å². The van der Waals surface area contributed by atoms with Gasteiger partial charge >= 0.3 is 0 Å². The molecule has 1 heterocycles. The van der Waals surface area contributed by atoms with E-state index in [4.69, 9.17) is 16.3 Å². The molecular weight excluding hydrogens is 338 g/mol. The monoisotopic (exact) mass is 355 g/mol. The Hall–Kier alpha value is -2.79. The SMILES string of the molecule is Cc1ccc(OCC(=O)NN=Cc2c(Cl)[nH]c3ccccc23)cc1C. The highest BCUT2D eigenvalue weighted by molar-refractivity contribution is 6.34. The fraction of sp³-hybridized carbons (Fsp3) is 0.158. The Labute approximate surface area is 150 Å². The highest BCUT2D eigenvalue weighted by atomic mass is 35.5. The molecule has 0 aliphatic rings. The molecular formula is C19H18ClN3O2. The van der Waals surface area contributed by atoms with Crippen LogP contribution < -0.4 is 10.2 Å². The number of rotatable bonds is 5. The van der Waals surface area contributed by atoms with Gasteiger partial charge in [-0.3, -0.25) is 4.79 Å². The zero-order valence-electron chi connectivity index (χ0n) is 14.0. The van der Waals surface area contributed by atoms with Gasteiger partial charge in [-0.25, -0.2) is 5.43 Å². The molecule has 0 atom stereocenters. The number of aryl methyl sites for hydroxylation is 2. The third-order valence-electron chi connectivity index (χ3n) is 3.93. The first-order valence-corrected chi connectivity index (χ1v) is 8.20. The number of amides is 1. The molecule has 0 unspecified atom stereocenters. The van der Waals surface area contributed by atoms with Crippen LogP contribution in [0.15, 0.2) is 47.6 Å². The first-order valence-electron chi connectivity index (χ1n) is 7.83. The summed E-state index contributed by atoms with van der Waals surface area (Å²) >= 11 is 6.17. The average Bonchev–Trinajstić information content (AvgIpc) is 2.92. The molecule has 5 nitrogen and oxygen atoms in total. The molecule has 0 radical (unpaired) electrons. The largest absolute Gasteiger partial charge is 0.484 e. The first kappa shape index (κ1) is 17.0. The average molecular weight is 356 g/mol. The summed E-state index contributed by atoms with van der Waals surface area (Å²) in [6.45, 7) is 3.91. The first-order chi connectivity index (χ1) is 12.0. The number of aromatic amines is 1. The van der Waals surface area contributed by atoms with Crippen LogP contribution in [0.5, 0.6) is 5.75 Å².